The van der Waals surface area contributed by atoms with E-state index in [2.05, 4.69) is 33.8 Å². The molecule has 0 bridgehead atoms. The van der Waals surface area contributed by atoms with Crippen LogP contribution in [0.3, 0.4) is 0 Å². The lowest BCUT2D eigenvalue weighted by molar-refractivity contribution is -0.148. The molecule has 2 amide bonds. The van der Waals surface area contributed by atoms with Crippen LogP contribution in [0, 0.1) is 5.92 Å². The SMILES string of the molecule is CC(C)[C@H]1NC(=O)[C@@H]2C[C@H](NCc3ccc4ncccc4c3)CN2C1=O. The Morgan fingerprint density at radius 3 is 2.96 bits per heavy atom. The molecule has 1 aromatic heterocycles. The first kappa shape index (κ1) is 17.0. The van der Waals surface area contributed by atoms with Crippen LogP contribution < -0.4 is 10.6 Å². The van der Waals surface area contributed by atoms with E-state index in [1.54, 1.807) is 11.1 Å². The van der Waals surface area contributed by atoms with Crippen molar-refractivity contribution in [1.29, 1.82) is 0 Å². The molecule has 4 rings (SSSR count). The molecular formula is C20H24N4O2. The summed E-state index contributed by atoms with van der Waals surface area (Å²) in [6.07, 6.45) is 2.46. The third kappa shape index (κ3) is 3.05. The van der Waals surface area contributed by atoms with Crippen molar-refractivity contribution in [3.05, 3.63) is 42.1 Å². The van der Waals surface area contributed by atoms with Gasteiger partial charge >= 0.3 is 0 Å². The van der Waals surface area contributed by atoms with Gasteiger partial charge in [0.05, 0.1) is 5.52 Å². The van der Waals surface area contributed by atoms with E-state index in [1.807, 2.05) is 26.0 Å². The van der Waals surface area contributed by atoms with Crippen molar-refractivity contribution in [1.82, 2.24) is 20.5 Å². The van der Waals surface area contributed by atoms with E-state index in [1.165, 1.54) is 5.56 Å². The second-order valence-electron chi connectivity index (χ2n) is 7.58. The third-order valence-corrected chi connectivity index (χ3v) is 5.38. The molecule has 2 saturated heterocycles. The first-order valence-electron chi connectivity index (χ1n) is 9.21. The van der Waals surface area contributed by atoms with E-state index in [9.17, 15) is 9.59 Å². The molecule has 136 valence electrons. The molecule has 0 aliphatic carbocycles. The van der Waals surface area contributed by atoms with Gasteiger partial charge in [-0.1, -0.05) is 26.0 Å². The van der Waals surface area contributed by atoms with Gasteiger partial charge in [-0.15, -0.1) is 0 Å². The quantitative estimate of drug-likeness (QED) is 0.873. The normalized spacial score (nSPS) is 25.7. The van der Waals surface area contributed by atoms with Gasteiger partial charge < -0.3 is 15.5 Å². The highest BCUT2D eigenvalue weighted by Crippen LogP contribution is 2.25. The number of pyridine rings is 1. The zero-order valence-electron chi connectivity index (χ0n) is 15.1. The number of hydrogen-bond donors (Lipinski definition) is 2. The van der Waals surface area contributed by atoms with Gasteiger partial charge in [-0.2, -0.15) is 0 Å². The standard InChI is InChI=1S/C20H24N4O2/c1-12(2)18-20(26)24-11-15(9-17(24)19(25)23-18)22-10-13-5-6-16-14(8-13)4-3-7-21-16/h3-8,12,15,17-18,22H,9-11H2,1-2H3,(H,23,25)/t15-,17-,18+/m0/s1. The van der Waals surface area contributed by atoms with Crippen LogP contribution >= 0.6 is 0 Å². The Kier molecular flexibility index (Phi) is 4.36. The molecule has 0 unspecified atom stereocenters. The fourth-order valence-electron chi connectivity index (χ4n) is 3.91. The summed E-state index contributed by atoms with van der Waals surface area (Å²) in [5, 5.41) is 7.51. The second kappa shape index (κ2) is 6.68. The molecular weight excluding hydrogens is 328 g/mol. The highest BCUT2D eigenvalue weighted by molar-refractivity contribution is 5.97. The van der Waals surface area contributed by atoms with E-state index >= 15 is 0 Å². The van der Waals surface area contributed by atoms with Crippen LogP contribution in [0.4, 0.5) is 0 Å². The van der Waals surface area contributed by atoms with Crippen molar-refractivity contribution >= 4 is 22.7 Å². The number of aromatic nitrogens is 1. The highest BCUT2D eigenvalue weighted by atomic mass is 16.2. The molecule has 0 saturated carbocycles. The fourth-order valence-corrected chi connectivity index (χ4v) is 3.91. The van der Waals surface area contributed by atoms with Gasteiger partial charge in [0, 0.05) is 30.7 Å². The molecule has 2 aliphatic heterocycles. The largest absolute Gasteiger partial charge is 0.342 e. The number of nitrogens with one attached hydrogen (secondary N) is 2. The monoisotopic (exact) mass is 352 g/mol. The lowest BCUT2D eigenvalue weighted by Gasteiger charge is -2.36. The summed E-state index contributed by atoms with van der Waals surface area (Å²) in [5.74, 6) is 0.126. The average Bonchev–Trinajstić information content (AvgIpc) is 3.08. The lowest BCUT2D eigenvalue weighted by Crippen LogP contribution is -2.62. The first-order chi connectivity index (χ1) is 12.5. The molecule has 2 aromatic rings. The molecule has 1 aromatic carbocycles. The van der Waals surface area contributed by atoms with Crippen molar-refractivity contribution in [2.24, 2.45) is 5.92 Å². The van der Waals surface area contributed by atoms with Crippen molar-refractivity contribution in [3.8, 4) is 0 Å². The lowest BCUT2D eigenvalue weighted by atomic mass is 9.98. The van der Waals surface area contributed by atoms with E-state index < -0.39 is 6.04 Å². The molecule has 26 heavy (non-hydrogen) atoms. The van der Waals surface area contributed by atoms with Crippen molar-refractivity contribution in [2.45, 2.75) is 44.9 Å². The summed E-state index contributed by atoms with van der Waals surface area (Å²) < 4.78 is 0. The number of fused-ring (bicyclic) bond motifs is 2. The molecule has 6 heteroatoms. The molecule has 2 N–H and O–H groups in total. The number of hydrogen-bond acceptors (Lipinski definition) is 4. The van der Waals surface area contributed by atoms with E-state index in [0.29, 0.717) is 19.5 Å². The number of benzene rings is 1. The van der Waals surface area contributed by atoms with Crippen LogP contribution in [0.25, 0.3) is 10.9 Å². The smallest absolute Gasteiger partial charge is 0.246 e. The summed E-state index contributed by atoms with van der Waals surface area (Å²) in [7, 11) is 0. The molecule has 0 spiro atoms. The predicted octanol–water partition coefficient (Wildman–Crippen LogP) is 1.45. The topological polar surface area (TPSA) is 74.3 Å². The minimum atomic E-state index is -0.398. The summed E-state index contributed by atoms with van der Waals surface area (Å²) in [4.78, 5) is 31.1. The van der Waals surface area contributed by atoms with E-state index in [0.717, 1.165) is 10.9 Å². The van der Waals surface area contributed by atoms with Crippen molar-refractivity contribution in [2.75, 3.05) is 6.54 Å². The zero-order valence-corrected chi connectivity index (χ0v) is 15.1. The molecule has 3 atom stereocenters. The Morgan fingerprint density at radius 1 is 1.31 bits per heavy atom. The summed E-state index contributed by atoms with van der Waals surface area (Å²) in [6.45, 7) is 5.22. The molecule has 0 radical (unpaired) electrons. The van der Waals surface area contributed by atoms with Gasteiger partial charge in [-0.05, 0) is 36.1 Å². The second-order valence-corrected chi connectivity index (χ2v) is 7.58. The van der Waals surface area contributed by atoms with Crippen LogP contribution in [0.2, 0.25) is 0 Å². The van der Waals surface area contributed by atoms with Crippen molar-refractivity contribution < 1.29 is 9.59 Å². The fraction of sp³-hybridized carbons (Fsp3) is 0.450. The van der Waals surface area contributed by atoms with Crippen LogP contribution in [0.1, 0.15) is 25.8 Å². The van der Waals surface area contributed by atoms with Gasteiger partial charge in [0.25, 0.3) is 0 Å². The minimum absolute atomic E-state index is 0.0237. The van der Waals surface area contributed by atoms with Gasteiger partial charge in [0.1, 0.15) is 12.1 Å². The number of carbonyl (C=O) groups excluding carboxylic acids is 2. The maximum absolute atomic E-state index is 12.6. The van der Waals surface area contributed by atoms with Crippen LogP contribution in [0.5, 0.6) is 0 Å². The highest BCUT2D eigenvalue weighted by Gasteiger charge is 2.46. The maximum Gasteiger partial charge on any atom is 0.246 e. The van der Waals surface area contributed by atoms with Crippen LogP contribution in [-0.4, -0.2) is 46.4 Å². The number of amides is 2. The van der Waals surface area contributed by atoms with Gasteiger partial charge in [-0.25, -0.2) is 0 Å². The summed E-state index contributed by atoms with van der Waals surface area (Å²) in [5.41, 5.74) is 2.16. The first-order valence-corrected chi connectivity index (χ1v) is 9.21. The van der Waals surface area contributed by atoms with Crippen molar-refractivity contribution in [3.63, 3.8) is 0 Å². The Bertz CT molecular complexity index is 851. The Hall–Kier alpha value is -2.47. The Morgan fingerprint density at radius 2 is 2.15 bits per heavy atom. The molecule has 2 aliphatic rings. The van der Waals surface area contributed by atoms with Gasteiger partial charge in [0.15, 0.2) is 0 Å². The Labute approximate surface area is 153 Å². The number of rotatable bonds is 4. The third-order valence-electron chi connectivity index (χ3n) is 5.38. The van der Waals surface area contributed by atoms with Crippen LogP contribution in [-0.2, 0) is 16.1 Å². The number of carbonyl (C=O) groups is 2. The number of piperazine rings is 1. The molecule has 6 nitrogen and oxygen atoms in total. The zero-order chi connectivity index (χ0) is 18.3. The summed E-state index contributed by atoms with van der Waals surface area (Å²) >= 11 is 0. The number of nitrogens with zero attached hydrogens (tertiary/aromatic N) is 2. The average molecular weight is 352 g/mol. The Balaban J connectivity index is 1.42. The van der Waals surface area contributed by atoms with Gasteiger partial charge in [-0.3, -0.25) is 14.6 Å². The van der Waals surface area contributed by atoms with E-state index in [4.69, 9.17) is 0 Å². The predicted molar refractivity (Wildman–Crippen MR) is 99.3 cm³/mol. The van der Waals surface area contributed by atoms with Gasteiger partial charge in [0.2, 0.25) is 11.8 Å². The summed E-state index contributed by atoms with van der Waals surface area (Å²) in [6, 6.07) is 9.60. The molecule has 2 fully saturated rings. The maximum atomic E-state index is 12.6. The minimum Gasteiger partial charge on any atom is -0.342 e. The van der Waals surface area contributed by atoms with E-state index in [-0.39, 0.29) is 29.8 Å². The van der Waals surface area contributed by atoms with Crippen LogP contribution in [0.15, 0.2) is 36.5 Å². The molecule has 3 heterocycles.